The van der Waals surface area contributed by atoms with Crippen LogP contribution in [-0.4, -0.2) is 18.1 Å². The van der Waals surface area contributed by atoms with E-state index in [-0.39, 0.29) is 17.5 Å². The summed E-state index contributed by atoms with van der Waals surface area (Å²) in [7, 11) is 0. The zero-order valence-corrected chi connectivity index (χ0v) is 15.1. The summed E-state index contributed by atoms with van der Waals surface area (Å²) in [5.74, 6) is 0.285. The van der Waals surface area contributed by atoms with Crippen molar-refractivity contribution in [3.8, 4) is 5.75 Å². The lowest BCUT2D eigenvalue weighted by atomic mass is 9.94. The van der Waals surface area contributed by atoms with E-state index >= 15 is 0 Å². The summed E-state index contributed by atoms with van der Waals surface area (Å²) in [6.07, 6.45) is 0.573. The molecule has 0 radical (unpaired) electrons. The Bertz CT molecular complexity index is 913. The van der Waals surface area contributed by atoms with Gasteiger partial charge in [0.15, 0.2) is 17.1 Å². The quantitative estimate of drug-likeness (QED) is 0.696. The highest BCUT2D eigenvalue weighted by atomic mass is 19.1. The van der Waals surface area contributed by atoms with Gasteiger partial charge in [0.25, 0.3) is 5.91 Å². The molecule has 0 aliphatic heterocycles. The van der Waals surface area contributed by atoms with Gasteiger partial charge in [0.05, 0.1) is 6.61 Å². The largest absolute Gasteiger partial charge is 0.490 e. The van der Waals surface area contributed by atoms with Gasteiger partial charge in [-0.1, -0.05) is 24.3 Å². The second-order valence-electron chi connectivity index (χ2n) is 6.86. The van der Waals surface area contributed by atoms with Gasteiger partial charge in [-0.05, 0) is 57.0 Å². The molecule has 2 aromatic carbocycles. The summed E-state index contributed by atoms with van der Waals surface area (Å²) in [4.78, 5) is 12.6. The fourth-order valence-electron chi connectivity index (χ4n) is 2.94. The fourth-order valence-corrected chi connectivity index (χ4v) is 2.94. The van der Waals surface area contributed by atoms with Crippen LogP contribution in [0, 0.1) is 5.82 Å². The van der Waals surface area contributed by atoms with E-state index in [1.807, 2.05) is 39.0 Å². The van der Waals surface area contributed by atoms with Crippen LogP contribution in [0.25, 0.3) is 11.0 Å². The van der Waals surface area contributed by atoms with Crippen molar-refractivity contribution in [3.63, 3.8) is 0 Å². The number of hydrogen-bond acceptors (Lipinski definition) is 3. The Balaban J connectivity index is 1.77. The average molecular weight is 355 g/mol. The van der Waals surface area contributed by atoms with Gasteiger partial charge in [-0.3, -0.25) is 4.79 Å². The van der Waals surface area contributed by atoms with Crippen LogP contribution in [0.3, 0.4) is 0 Å². The van der Waals surface area contributed by atoms with E-state index in [9.17, 15) is 9.18 Å². The van der Waals surface area contributed by atoms with E-state index < -0.39 is 5.54 Å². The van der Waals surface area contributed by atoms with Crippen molar-refractivity contribution in [1.29, 1.82) is 0 Å². The van der Waals surface area contributed by atoms with Gasteiger partial charge >= 0.3 is 0 Å². The first kappa shape index (κ1) is 18.0. The van der Waals surface area contributed by atoms with Crippen molar-refractivity contribution < 1.29 is 18.3 Å². The number of carbonyl (C=O) groups is 1. The number of amides is 1. The number of carbonyl (C=O) groups excluding carboxylic acids is 1. The van der Waals surface area contributed by atoms with Crippen LogP contribution in [0.2, 0.25) is 0 Å². The highest BCUT2D eigenvalue weighted by molar-refractivity contribution is 5.97. The van der Waals surface area contributed by atoms with Gasteiger partial charge in [-0.15, -0.1) is 0 Å². The number of rotatable bonds is 6. The Kier molecular flexibility index (Phi) is 4.98. The minimum absolute atomic E-state index is 0.235. The molecule has 0 spiro atoms. The van der Waals surface area contributed by atoms with Crippen LogP contribution in [0.15, 0.2) is 52.9 Å². The second kappa shape index (κ2) is 7.20. The standard InChI is InChI=1S/C21H22FNO3/c1-4-25-17-7-5-6-15-12-18(26-19(15)17)20(24)23-21(2,3)13-14-8-10-16(22)11-9-14/h5-12H,4,13H2,1-3H3,(H,23,24). The lowest BCUT2D eigenvalue weighted by Crippen LogP contribution is -2.45. The molecule has 0 saturated carbocycles. The zero-order valence-electron chi connectivity index (χ0n) is 15.1. The Labute approximate surface area is 152 Å². The number of ether oxygens (including phenoxy) is 1. The predicted octanol–water partition coefficient (Wildman–Crippen LogP) is 4.72. The van der Waals surface area contributed by atoms with Gasteiger partial charge in [0.1, 0.15) is 5.82 Å². The molecule has 0 unspecified atom stereocenters. The van der Waals surface area contributed by atoms with E-state index in [1.54, 1.807) is 18.2 Å². The van der Waals surface area contributed by atoms with Crippen molar-refractivity contribution in [2.45, 2.75) is 32.7 Å². The molecule has 1 aromatic heterocycles. The van der Waals surface area contributed by atoms with Crippen molar-refractivity contribution in [2.75, 3.05) is 6.61 Å². The van der Waals surface area contributed by atoms with Crippen molar-refractivity contribution >= 4 is 16.9 Å². The van der Waals surface area contributed by atoms with Crippen LogP contribution in [0.1, 0.15) is 36.9 Å². The molecule has 0 aliphatic carbocycles. The van der Waals surface area contributed by atoms with E-state index in [0.29, 0.717) is 24.4 Å². The van der Waals surface area contributed by atoms with Gasteiger partial charge in [-0.2, -0.15) is 0 Å². The molecule has 1 amide bonds. The number of nitrogens with one attached hydrogen (secondary N) is 1. The minimum Gasteiger partial charge on any atom is -0.490 e. The molecule has 136 valence electrons. The lowest BCUT2D eigenvalue weighted by molar-refractivity contribution is 0.0886. The van der Waals surface area contributed by atoms with Crippen molar-refractivity contribution in [2.24, 2.45) is 0 Å². The first-order chi connectivity index (χ1) is 12.4. The molecule has 4 nitrogen and oxygen atoms in total. The summed E-state index contributed by atoms with van der Waals surface area (Å²) >= 11 is 0. The first-order valence-electron chi connectivity index (χ1n) is 8.60. The number of hydrogen-bond donors (Lipinski definition) is 1. The number of benzene rings is 2. The molecule has 0 aliphatic rings. The number of fused-ring (bicyclic) bond motifs is 1. The van der Waals surface area contributed by atoms with Gasteiger partial charge in [0, 0.05) is 10.9 Å². The minimum atomic E-state index is -0.517. The SMILES string of the molecule is CCOc1cccc2cc(C(=O)NC(C)(C)Cc3ccc(F)cc3)oc12. The Morgan fingerprint density at radius 2 is 1.92 bits per heavy atom. The van der Waals surface area contributed by atoms with Crippen molar-refractivity contribution in [1.82, 2.24) is 5.32 Å². The average Bonchev–Trinajstić information content (AvgIpc) is 3.02. The topological polar surface area (TPSA) is 51.5 Å². The summed E-state index contributed by atoms with van der Waals surface area (Å²) in [6, 6.07) is 13.5. The van der Waals surface area contributed by atoms with E-state index in [1.165, 1.54) is 12.1 Å². The molecule has 1 N–H and O–H groups in total. The Morgan fingerprint density at radius 1 is 1.19 bits per heavy atom. The monoisotopic (exact) mass is 355 g/mol. The molecular formula is C21H22FNO3. The molecule has 5 heteroatoms. The third kappa shape index (κ3) is 4.04. The van der Waals surface area contributed by atoms with Crippen LogP contribution >= 0.6 is 0 Å². The third-order valence-electron chi connectivity index (χ3n) is 4.04. The normalized spacial score (nSPS) is 11.5. The maximum absolute atomic E-state index is 13.0. The summed E-state index contributed by atoms with van der Waals surface area (Å²) in [5.41, 5.74) is 0.993. The van der Waals surface area contributed by atoms with Crippen LogP contribution in [-0.2, 0) is 6.42 Å². The highest BCUT2D eigenvalue weighted by Gasteiger charge is 2.24. The lowest BCUT2D eigenvalue weighted by Gasteiger charge is -2.26. The maximum atomic E-state index is 13.0. The molecule has 0 saturated heterocycles. The summed E-state index contributed by atoms with van der Waals surface area (Å²) in [6.45, 7) is 6.25. The molecule has 0 fully saturated rings. The molecule has 3 rings (SSSR count). The second-order valence-corrected chi connectivity index (χ2v) is 6.86. The zero-order chi connectivity index (χ0) is 18.7. The smallest absolute Gasteiger partial charge is 0.287 e. The van der Waals surface area contributed by atoms with E-state index in [2.05, 4.69) is 5.32 Å². The number of halogens is 1. The van der Waals surface area contributed by atoms with Gasteiger partial charge < -0.3 is 14.5 Å². The predicted molar refractivity (Wildman–Crippen MR) is 99.0 cm³/mol. The Morgan fingerprint density at radius 3 is 2.62 bits per heavy atom. The highest BCUT2D eigenvalue weighted by Crippen LogP contribution is 2.29. The molecular weight excluding hydrogens is 333 g/mol. The molecule has 1 heterocycles. The molecule has 0 atom stereocenters. The van der Waals surface area contributed by atoms with Crippen LogP contribution < -0.4 is 10.1 Å². The molecule has 26 heavy (non-hydrogen) atoms. The van der Waals surface area contributed by atoms with E-state index in [4.69, 9.17) is 9.15 Å². The van der Waals surface area contributed by atoms with E-state index in [0.717, 1.165) is 10.9 Å². The fraction of sp³-hybridized carbons (Fsp3) is 0.286. The van der Waals surface area contributed by atoms with Gasteiger partial charge in [-0.25, -0.2) is 4.39 Å². The number of para-hydroxylation sites is 1. The third-order valence-corrected chi connectivity index (χ3v) is 4.04. The summed E-state index contributed by atoms with van der Waals surface area (Å²) < 4.78 is 24.3. The van der Waals surface area contributed by atoms with Crippen LogP contribution in [0.4, 0.5) is 4.39 Å². The molecule has 3 aromatic rings. The Hall–Kier alpha value is -2.82. The molecule has 0 bridgehead atoms. The van der Waals surface area contributed by atoms with Crippen LogP contribution in [0.5, 0.6) is 5.75 Å². The maximum Gasteiger partial charge on any atom is 0.287 e. The number of furan rings is 1. The van der Waals surface area contributed by atoms with Crippen molar-refractivity contribution in [3.05, 3.63) is 65.7 Å². The summed E-state index contributed by atoms with van der Waals surface area (Å²) in [5, 5.41) is 3.80. The first-order valence-corrected chi connectivity index (χ1v) is 8.60. The van der Waals surface area contributed by atoms with Gasteiger partial charge in [0.2, 0.25) is 0 Å².